The number of aliphatic hydroxyl groups excluding tert-OH is 1. The Morgan fingerprint density at radius 1 is 1.55 bits per heavy atom. The molecule has 3 rings (SSSR count). The van der Waals surface area contributed by atoms with Gasteiger partial charge in [0.1, 0.15) is 12.7 Å². The van der Waals surface area contributed by atoms with Gasteiger partial charge in [0.05, 0.1) is 28.4 Å². The number of aliphatic imine (C=N–C) groups is 1. The van der Waals surface area contributed by atoms with Crippen LogP contribution in [0.2, 0.25) is 5.02 Å². The summed E-state index contributed by atoms with van der Waals surface area (Å²) in [5.41, 5.74) is 1.88. The van der Waals surface area contributed by atoms with E-state index in [0.29, 0.717) is 28.9 Å². The van der Waals surface area contributed by atoms with E-state index in [0.717, 1.165) is 18.5 Å². The Morgan fingerprint density at radius 2 is 2.35 bits per heavy atom. The molecule has 0 radical (unpaired) electrons. The monoisotopic (exact) mass is 291 g/mol. The van der Waals surface area contributed by atoms with E-state index in [-0.39, 0.29) is 12.1 Å². The van der Waals surface area contributed by atoms with E-state index in [1.165, 1.54) is 0 Å². The molecule has 0 amide bonds. The second-order valence-corrected chi connectivity index (χ2v) is 5.38. The molecule has 2 aliphatic rings. The molecular weight excluding hydrogens is 278 g/mol. The SMILES string of the molecule is Cc1c(N=C2OC[C@@H]3[C@H](O)CCN23)ccc(C#N)c1Cl. The number of hydrogen-bond donors (Lipinski definition) is 1. The molecule has 2 fully saturated rings. The number of nitriles is 1. The largest absolute Gasteiger partial charge is 0.463 e. The van der Waals surface area contributed by atoms with Crippen LogP contribution in [0.5, 0.6) is 0 Å². The first-order valence-corrected chi connectivity index (χ1v) is 6.85. The first kappa shape index (κ1) is 13.2. The number of amidine groups is 1. The Bertz CT molecular complexity index is 624. The van der Waals surface area contributed by atoms with Gasteiger partial charge in [-0.1, -0.05) is 11.6 Å². The maximum Gasteiger partial charge on any atom is 0.293 e. The van der Waals surface area contributed by atoms with Crippen LogP contribution in [0.1, 0.15) is 17.5 Å². The Balaban J connectivity index is 1.94. The van der Waals surface area contributed by atoms with Gasteiger partial charge in [0.2, 0.25) is 0 Å². The van der Waals surface area contributed by atoms with Crippen molar-refractivity contribution in [3.8, 4) is 6.07 Å². The average molecular weight is 292 g/mol. The third kappa shape index (κ3) is 2.01. The predicted octanol–water partition coefficient (Wildman–Crippen LogP) is 1.97. The summed E-state index contributed by atoms with van der Waals surface area (Å²) in [5.74, 6) is 0. The lowest BCUT2D eigenvalue weighted by Crippen LogP contribution is -2.33. The second kappa shape index (κ2) is 4.97. The second-order valence-electron chi connectivity index (χ2n) is 5.01. The molecule has 0 aromatic heterocycles. The van der Waals surface area contributed by atoms with Crippen LogP contribution < -0.4 is 0 Å². The molecule has 6 heteroatoms. The lowest BCUT2D eigenvalue weighted by molar-refractivity contribution is 0.134. The predicted molar refractivity (Wildman–Crippen MR) is 75.1 cm³/mol. The standard InChI is InChI=1S/C14H14ClN3O2/c1-8-10(3-2-9(6-16)13(8)15)17-14-18-5-4-12(19)11(18)7-20-14/h2-3,11-12,19H,4-5,7H2,1H3/t11-,12-/m1/s1. The number of halogens is 1. The fourth-order valence-electron chi connectivity index (χ4n) is 2.60. The fraction of sp³-hybridized carbons (Fsp3) is 0.429. The van der Waals surface area contributed by atoms with Gasteiger partial charge in [0.15, 0.2) is 0 Å². The summed E-state index contributed by atoms with van der Waals surface area (Å²) < 4.78 is 5.55. The average Bonchev–Trinajstić information content (AvgIpc) is 3.00. The molecule has 20 heavy (non-hydrogen) atoms. The van der Waals surface area contributed by atoms with Gasteiger partial charge in [-0.05, 0) is 31.0 Å². The van der Waals surface area contributed by atoms with E-state index in [4.69, 9.17) is 21.6 Å². The summed E-state index contributed by atoms with van der Waals surface area (Å²) >= 11 is 6.13. The van der Waals surface area contributed by atoms with Crippen molar-refractivity contribution in [3.63, 3.8) is 0 Å². The van der Waals surface area contributed by atoms with Crippen LogP contribution in [0.15, 0.2) is 17.1 Å². The van der Waals surface area contributed by atoms with Crippen molar-refractivity contribution in [1.82, 2.24) is 4.90 Å². The Kier molecular flexibility index (Phi) is 3.28. The molecule has 2 heterocycles. The molecule has 1 aromatic rings. The molecule has 104 valence electrons. The van der Waals surface area contributed by atoms with E-state index in [2.05, 4.69) is 4.99 Å². The van der Waals surface area contributed by atoms with Gasteiger partial charge in [-0.25, -0.2) is 0 Å². The number of hydrogen-bond acceptors (Lipinski definition) is 4. The van der Waals surface area contributed by atoms with E-state index in [9.17, 15) is 5.11 Å². The molecule has 2 aliphatic heterocycles. The van der Waals surface area contributed by atoms with Crippen LogP contribution >= 0.6 is 11.6 Å². The van der Waals surface area contributed by atoms with Crippen molar-refractivity contribution >= 4 is 23.3 Å². The van der Waals surface area contributed by atoms with Gasteiger partial charge in [-0.15, -0.1) is 0 Å². The van der Waals surface area contributed by atoms with Crippen molar-refractivity contribution in [2.75, 3.05) is 13.2 Å². The zero-order chi connectivity index (χ0) is 14.3. The lowest BCUT2D eigenvalue weighted by atomic mass is 10.1. The van der Waals surface area contributed by atoms with Crippen LogP contribution in [0.25, 0.3) is 0 Å². The van der Waals surface area contributed by atoms with E-state index in [1.807, 2.05) is 17.9 Å². The van der Waals surface area contributed by atoms with E-state index < -0.39 is 0 Å². The smallest absolute Gasteiger partial charge is 0.293 e. The first-order valence-electron chi connectivity index (χ1n) is 6.47. The minimum absolute atomic E-state index is 0.00269. The summed E-state index contributed by atoms with van der Waals surface area (Å²) in [4.78, 5) is 6.47. The maximum atomic E-state index is 9.82. The Morgan fingerprint density at radius 3 is 3.10 bits per heavy atom. The van der Waals surface area contributed by atoms with Gasteiger partial charge in [0, 0.05) is 6.54 Å². The summed E-state index contributed by atoms with van der Waals surface area (Å²) in [6.45, 7) is 3.03. The number of fused-ring (bicyclic) bond motifs is 1. The molecular formula is C14H14ClN3O2. The highest BCUT2D eigenvalue weighted by Gasteiger charge is 2.41. The zero-order valence-electron chi connectivity index (χ0n) is 11.0. The third-order valence-corrected chi connectivity index (χ3v) is 4.32. The van der Waals surface area contributed by atoms with E-state index in [1.54, 1.807) is 12.1 Å². The number of ether oxygens (including phenoxy) is 1. The maximum absolute atomic E-state index is 9.82. The highest BCUT2D eigenvalue weighted by Crippen LogP contribution is 2.31. The van der Waals surface area contributed by atoms with Crippen LogP contribution in [-0.2, 0) is 4.74 Å². The summed E-state index contributed by atoms with van der Waals surface area (Å²) in [7, 11) is 0. The molecule has 5 nitrogen and oxygen atoms in total. The quantitative estimate of drug-likeness (QED) is 0.859. The summed E-state index contributed by atoms with van der Waals surface area (Å²) in [6, 6.07) is 5.98. The topological polar surface area (TPSA) is 68.8 Å². The number of rotatable bonds is 1. The van der Waals surface area contributed by atoms with Gasteiger partial charge in [-0.2, -0.15) is 10.3 Å². The van der Waals surface area contributed by atoms with Crippen molar-refractivity contribution in [1.29, 1.82) is 5.26 Å². The number of aliphatic hydroxyl groups is 1. The molecule has 0 aliphatic carbocycles. The molecule has 0 bridgehead atoms. The zero-order valence-corrected chi connectivity index (χ0v) is 11.8. The molecule has 0 saturated carbocycles. The van der Waals surface area contributed by atoms with Crippen LogP contribution in [0.3, 0.4) is 0 Å². The number of benzene rings is 1. The number of nitrogens with zero attached hydrogens (tertiary/aromatic N) is 3. The van der Waals surface area contributed by atoms with Gasteiger partial charge < -0.3 is 14.7 Å². The minimum atomic E-state index is -0.353. The van der Waals surface area contributed by atoms with Crippen molar-refractivity contribution in [2.45, 2.75) is 25.5 Å². The van der Waals surface area contributed by atoms with Crippen LogP contribution in [-0.4, -0.2) is 41.3 Å². The fourth-order valence-corrected chi connectivity index (χ4v) is 2.80. The minimum Gasteiger partial charge on any atom is -0.463 e. The van der Waals surface area contributed by atoms with Crippen molar-refractivity contribution in [3.05, 3.63) is 28.3 Å². The molecule has 1 N–H and O–H groups in total. The van der Waals surface area contributed by atoms with Crippen LogP contribution in [0, 0.1) is 18.3 Å². The highest BCUT2D eigenvalue weighted by molar-refractivity contribution is 6.32. The Hall–Kier alpha value is -1.77. The summed E-state index contributed by atoms with van der Waals surface area (Å²) in [6.07, 6.45) is 0.383. The molecule has 0 unspecified atom stereocenters. The van der Waals surface area contributed by atoms with E-state index >= 15 is 0 Å². The Labute approximate surface area is 122 Å². The van der Waals surface area contributed by atoms with Crippen molar-refractivity contribution < 1.29 is 9.84 Å². The van der Waals surface area contributed by atoms with Gasteiger partial charge in [0.25, 0.3) is 6.02 Å². The molecule has 2 saturated heterocycles. The third-order valence-electron chi connectivity index (χ3n) is 3.83. The normalized spacial score (nSPS) is 26.5. The van der Waals surface area contributed by atoms with Gasteiger partial charge >= 0.3 is 0 Å². The lowest BCUT2D eigenvalue weighted by Gasteiger charge is -2.15. The van der Waals surface area contributed by atoms with Crippen LogP contribution in [0.4, 0.5) is 5.69 Å². The van der Waals surface area contributed by atoms with Crippen molar-refractivity contribution in [2.24, 2.45) is 4.99 Å². The summed E-state index contributed by atoms with van der Waals surface area (Å²) in [5, 5.41) is 19.2. The molecule has 0 spiro atoms. The highest BCUT2D eigenvalue weighted by atomic mass is 35.5. The van der Waals surface area contributed by atoms with Gasteiger partial charge in [-0.3, -0.25) is 0 Å². The molecule has 2 atom stereocenters. The molecule has 1 aromatic carbocycles. The first-order chi connectivity index (χ1) is 9.61.